The SMILES string of the molecule is COc1ccc(NC(=O)OC(C)(C)C)c(Cl)c1OC. The van der Waals surface area contributed by atoms with E-state index in [1.165, 1.54) is 14.2 Å². The molecule has 19 heavy (non-hydrogen) atoms. The van der Waals surface area contributed by atoms with Gasteiger partial charge in [0.05, 0.1) is 19.9 Å². The maximum atomic E-state index is 11.7. The van der Waals surface area contributed by atoms with E-state index >= 15 is 0 Å². The number of methoxy groups -OCH3 is 2. The Morgan fingerprint density at radius 1 is 1.21 bits per heavy atom. The van der Waals surface area contributed by atoms with Gasteiger partial charge in [-0.1, -0.05) is 11.6 Å². The Kier molecular flexibility index (Phi) is 4.89. The van der Waals surface area contributed by atoms with Gasteiger partial charge in [0.25, 0.3) is 0 Å². The second-order valence-corrected chi connectivity index (χ2v) is 5.17. The first-order chi connectivity index (χ1) is 8.78. The molecule has 1 aromatic carbocycles. The molecule has 0 fully saturated rings. The molecule has 0 radical (unpaired) electrons. The summed E-state index contributed by atoms with van der Waals surface area (Å²) in [4.78, 5) is 11.7. The van der Waals surface area contributed by atoms with Crippen molar-refractivity contribution in [2.45, 2.75) is 26.4 Å². The molecule has 0 saturated carbocycles. The first kappa shape index (κ1) is 15.4. The van der Waals surface area contributed by atoms with Crippen LogP contribution in [0.2, 0.25) is 5.02 Å². The molecule has 0 saturated heterocycles. The summed E-state index contributed by atoms with van der Waals surface area (Å²) in [6.45, 7) is 5.34. The summed E-state index contributed by atoms with van der Waals surface area (Å²) in [5.41, 5.74) is -0.179. The standard InChI is InChI=1S/C13H18ClNO4/c1-13(2,3)19-12(16)15-8-6-7-9(17-4)11(18-5)10(8)14/h6-7H,1-5H3,(H,15,16). The molecule has 0 unspecified atom stereocenters. The first-order valence-corrected chi connectivity index (χ1v) is 6.06. The van der Waals surface area contributed by atoms with E-state index < -0.39 is 11.7 Å². The van der Waals surface area contributed by atoms with Crippen molar-refractivity contribution >= 4 is 23.4 Å². The van der Waals surface area contributed by atoms with E-state index in [2.05, 4.69) is 5.32 Å². The van der Waals surface area contributed by atoms with Crippen molar-refractivity contribution in [1.82, 2.24) is 0 Å². The Balaban J connectivity index is 2.94. The average Bonchev–Trinajstić information content (AvgIpc) is 2.29. The Bertz CT molecular complexity index is 468. The van der Waals surface area contributed by atoms with Crippen LogP contribution in [0.1, 0.15) is 20.8 Å². The van der Waals surface area contributed by atoms with Crippen LogP contribution in [0.25, 0.3) is 0 Å². The van der Waals surface area contributed by atoms with Gasteiger partial charge in [0.15, 0.2) is 11.5 Å². The van der Waals surface area contributed by atoms with Crippen LogP contribution in [0.3, 0.4) is 0 Å². The summed E-state index contributed by atoms with van der Waals surface area (Å²) in [6.07, 6.45) is -0.582. The molecule has 0 bridgehead atoms. The number of benzene rings is 1. The third-order valence-electron chi connectivity index (χ3n) is 2.12. The molecule has 0 aromatic heterocycles. The first-order valence-electron chi connectivity index (χ1n) is 5.69. The summed E-state index contributed by atoms with van der Waals surface area (Å²) in [5, 5.41) is 2.82. The van der Waals surface area contributed by atoms with Crippen LogP contribution in [0, 0.1) is 0 Å². The number of hydrogen-bond acceptors (Lipinski definition) is 4. The summed E-state index contributed by atoms with van der Waals surface area (Å²) < 4.78 is 15.4. The fraction of sp³-hybridized carbons (Fsp3) is 0.462. The fourth-order valence-corrected chi connectivity index (χ4v) is 1.68. The van der Waals surface area contributed by atoms with Crippen molar-refractivity contribution in [2.75, 3.05) is 19.5 Å². The maximum Gasteiger partial charge on any atom is 0.412 e. The van der Waals surface area contributed by atoms with Gasteiger partial charge in [-0.2, -0.15) is 0 Å². The number of carbonyl (C=O) groups excluding carboxylic acids is 1. The minimum atomic E-state index is -0.582. The number of anilines is 1. The fourth-order valence-electron chi connectivity index (χ4n) is 1.40. The molecule has 5 nitrogen and oxygen atoms in total. The average molecular weight is 288 g/mol. The topological polar surface area (TPSA) is 56.8 Å². The van der Waals surface area contributed by atoms with Crippen LogP contribution in [0.15, 0.2) is 12.1 Å². The second kappa shape index (κ2) is 6.02. The molecule has 1 amide bonds. The molecule has 1 aromatic rings. The van der Waals surface area contributed by atoms with Gasteiger partial charge in [-0.15, -0.1) is 0 Å². The van der Waals surface area contributed by atoms with Crippen LogP contribution in [-0.4, -0.2) is 25.9 Å². The van der Waals surface area contributed by atoms with E-state index in [9.17, 15) is 4.79 Å². The van der Waals surface area contributed by atoms with E-state index in [0.29, 0.717) is 17.2 Å². The van der Waals surface area contributed by atoms with E-state index in [1.807, 2.05) is 0 Å². The van der Waals surface area contributed by atoms with Crippen molar-refractivity contribution < 1.29 is 19.0 Å². The van der Waals surface area contributed by atoms with E-state index in [1.54, 1.807) is 32.9 Å². The largest absolute Gasteiger partial charge is 0.493 e. The number of nitrogens with one attached hydrogen (secondary N) is 1. The lowest BCUT2D eigenvalue weighted by molar-refractivity contribution is 0.0636. The molecule has 6 heteroatoms. The van der Waals surface area contributed by atoms with Gasteiger partial charge in [-0.05, 0) is 32.9 Å². The zero-order chi connectivity index (χ0) is 14.6. The Labute approximate surface area is 117 Å². The normalized spacial score (nSPS) is 10.8. The van der Waals surface area contributed by atoms with Crippen molar-refractivity contribution in [3.8, 4) is 11.5 Å². The van der Waals surface area contributed by atoms with Gasteiger partial charge < -0.3 is 14.2 Å². The molecular formula is C13H18ClNO4. The van der Waals surface area contributed by atoms with Crippen LogP contribution >= 0.6 is 11.6 Å². The van der Waals surface area contributed by atoms with E-state index in [0.717, 1.165) is 0 Å². The van der Waals surface area contributed by atoms with Crippen LogP contribution < -0.4 is 14.8 Å². The number of rotatable bonds is 3. The second-order valence-electron chi connectivity index (χ2n) is 4.79. The highest BCUT2D eigenvalue weighted by Gasteiger charge is 2.19. The highest BCUT2D eigenvalue weighted by Crippen LogP contribution is 2.40. The van der Waals surface area contributed by atoms with Crippen molar-refractivity contribution in [1.29, 1.82) is 0 Å². The lowest BCUT2D eigenvalue weighted by Gasteiger charge is -2.20. The maximum absolute atomic E-state index is 11.7. The lowest BCUT2D eigenvalue weighted by Crippen LogP contribution is -2.27. The van der Waals surface area contributed by atoms with E-state index in [-0.39, 0.29) is 5.02 Å². The quantitative estimate of drug-likeness (QED) is 0.921. The Morgan fingerprint density at radius 3 is 2.32 bits per heavy atom. The van der Waals surface area contributed by atoms with Crippen molar-refractivity contribution in [2.24, 2.45) is 0 Å². The minimum Gasteiger partial charge on any atom is -0.493 e. The van der Waals surface area contributed by atoms with Gasteiger partial charge in [-0.25, -0.2) is 4.79 Å². The van der Waals surface area contributed by atoms with Gasteiger partial charge in [0.2, 0.25) is 0 Å². The smallest absolute Gasteiger partial charge is 0.412 e. The number of halogens is 1. The van der Waals surface area contributed by atoms with Gasteiger partial charge >= 0.3 is 6.09 Å². The third-order valence-corrected chi connectivity index (χ3v) is 2.50. The monoisotopic (exact) mass is 287 g/mol. The Morgan fingerprint density at radius 2 is 1.84 bits per heavy atom. The third kappa shape index (κ3) is 4.21. The van der Waals surface area contributed by atoms with Crippen molar-refractivity contribution in [3.63, 3.8) is 0 Å². The molecule has 0 aliphatic carbocycles. The minimum absolute atomic E-state index is 0.257. The molecule has 1 N–H and O–H groups in total. The molecule has 1 rings (SSSR count). The molecule has 0 spiro atoms. The number of ether oxygens (including phenoxy) is 3. The van der Waals surface area contributed by atoms with Gasteiger partial charge in [-0.3, -0.25) is 5.32 Å². The zero-order valence-corrected chi connectivity index (χ0v) is 12.4. The molecule has 0 atom stereocenters. The molecular weight excluding hydrogens is 270 g/mol. The molecule has 0 heterocycles. The molecule has 0 aliphatic heterocycles. The van der Waals surface area contributed by atoms with Crippen LogP contribution in [0.4, 0.5) is 10.5 Å². The van der Waals surface area contributed by atoms with Crippen LogP contribution in [-0.2, 0) is 4.74 Å². The number of carbonyl (C=O) groups is 1. The number of hydrogen-bond donors (Lipinski definition) is 1. The zero-order valence-electron chi connectivity index (χ0n) is 11.7. The summed E-state index contributed by atoms with van der Waals surface area (Å²) in [6, 6.07) is 3.27. The summed E-state index contributed by atoms with van der Waals surface area (Å²) in [5.74, 6) is 0.847. The highest BCUT2D eigenvalue weighted by atomic mass is 35.5. The Hall–Kier alpha value is -1.62. The number of amides is 1. The summed E-state index contributed by atoms with van der Waals surface area (Å²) in [7, 11) is 2.98. The van der Waals surface area contributed by atoms with Crippen molar-refractivity contribution in [3.05, 3.63) is 17.2 Å². The van der Waals surface area contributed by atoms with E-state index in [4.69, 9.17) is 25.8 Å². The molecule has 0 aliphatic rings. The molecule has 106 valence electrons. The van der Waals surface area contributed by atoms with Gasteiger partial charge in [0.1, 0.15) is 10.6 Å². The van der Waals surface area contributed by atoms with Crippen LogP contribution in [0.5, 0.6) is 11.5 Å². The summed E-state index contributed by atoms with van der Waals surface area (Å²) >= 11 is 6.13. The highest BCUT2D eigenvalue weighted by molar-refractivity contribution is 6.35. The predicted molar refractivity (Wildman–Crippen MR) is 74.4 cm³/mol. The lowest BCUT2D eigenvalue weighted by atomic mass is 10.2. The van der Waals surface area contributed by atoms with Gasteiger partial charge in [0, 0.05) is 0 Å². The predicted octanol–water partition coefficient (Wildman–Crippen LogP) is 3.70.